The number of aliphatic hydroxyl groups excluding tert-OH is 1. The molecule has 0 aromatic heterocycles. The van der Waals surface area contributed by atoms with E-state index in [1.807, 2.05) is 30.3 Å². The molecule has 2 rings (SSSR count). The SMILES string of the molecule is O=C(N[C@@H]1CNCC[C@@H]1CO)OCc1ccccc1. The maximum absolute atomic E-state index is 11.7. The van der Waals surface area contributed by atoms with Gasteiger partial charge in [-0.05, 0) is 18.5 Å². The summed E-state index contributed by atoms with van der Waals surface area (Å²) in [6.45, 7) is 1.90. The lowest BCUT2D eigenvalue weighted by molar-refractivity contribution is 0.117. The molecule has 5 nitrogen and oxygen atoms in total. The van der Waals surface area contributed by atoms with E-state index in [0.717, 1.165) is 18.5 Å². The Labute approximate surface area is 113 Å². The summed E-state index contributed by atoms with van der Waals surface area (Å²) in [5.74, 6) is 0.102. The van der Waals surface area contributed by atoms with Crippen molar-refractivity contribution in [3.8, 4) is 0 Å². The molecule has 0 bridgehead atoms. The average Bonchev–Trinajstić information content (AvgIpc) is 2.47. The Kier molecular flexibility index (Phi) is 5.18. The number of benzene rings is 1. The van der Waals surface area contributed by atoms with Crippen LogP contribution in [0.15, 0.2) is 30.3 Å². The average molecular weight is 264 g/mol. The molecule has 0 radical (unpaired) electrons. The van der Waals surface area contributed by atoms with Crippen molar-refractivity contribution < 1.29 is 14.6 Å². The maximum atomic E-state index is 11.7. The van der Waals surface area contributed by atoms with Gasteiger partial charge < -0.3 is 20.5 Å². The zero-order valence-electron chi connectivity index (χ0n) is 10.8. The molecule has 5 heteroatoms. The van der Waals surface area contributed by atoms with Gasteiger partial charge in [0.1, 0.15) is 6.61 Å². The monoisotopic (exact) mass is 264 g/mol. The number of carbonyl (C=O) groups is 1. The lowest BCUT2D eigenvalue weighted by atomic mass is 9.94. The van der Waals surface area contributed by atoms with Crippen molar-refractivity contribution in [1.29, 1.82) is 0 Å². The van der Waals surface area contributed by atoms with Crippen LogP contribution >= 0.6 is 0 Å². The van der Waals surface area contributed by atoms with Gasteiger partial charge in [0.05, 0.1) is 0 Å². The van der Waals surface area contributed by atoms with Crippen LogP contribution in [0.5, 0.6) is 0 Å². The van der Waals surface area contributed by atoms with E-state index in [4.69, 9.17) is 4.74 Å². The standard InChI is InChI=1S/C14H20N2O3/c17-9-12-6-7-15-8-13(12)16-14(18)19-10-11-4-2-1-3-5-11/h1-5,12-13,15,17H,6-10H2,(H,16,18)/t12-,13-/m1/s1. The Morgan fingerprint density at radius 2 is 2.21 bits per heavy atom. The van der Waals surface area contributed by atoms with Gasteiger partial charge >= 0.3 is 6.09 Å². The molecule has 1 aromatic carbocycles. The zero-order chi connectivity index (χ0) is 13.5. The minimum atomic E-state index is -0.434. The van der Waals surface area contributed by atoms with E-state index in [9.17, 15) is 9.90 Å². The van der Waals surface area contributed by atoms with Crippen LogP contribution in [-0.4, -0.2) is 36.9 Å². The van der Waals surface area contributed by atoms with Crippen molar-refractivity contribution in [3.05, 3.63) is 35.9 Å². The molecule has 0 spiro atoms. The van der Waals surface area contributed by atoms with Crippen LogP contribution in [0.25, 0.3) is 0 Å². The second-order valence-corrected chi connectivity index (χ2v) is 4.75. The number of carbonyl (C=O) groups excluding carboxylic acids is 1. The molecule has 1 aromatic rings. The largest absolute Gasteiger partial charge is 0.445 e. The number of amides is 1. The summed E-state index contributed by atoms with van der Waals surface area (Å²) >= 11 is 0. The highest BCUT2D eigenvalue weighted by molar-refractivity contribution is 5.67. The first-order valence-corrected chi connectivity index (χ1v) is 6.58. The second kappa shape index (κ2) is 7.11. The molecule has 3 N–H and O–H groups in total. The van der Waals surface area contributed by atoms with E-state index in [2.05, 4.69) is 10.6 Å². The summed E-state index contributed by atoms with van der Waals surface area (Å²) in [6, 6.07) is 9.48. The van der Waals surface area contributed by atoms with E-state index in [0.29, 0.717) is 6.54 Å². The van der Waals surface area contributed by atoms with Crippen molar-refractivity contribution in [1.82, 2.24) is 10.6 Å². The first-order chi connectivity index (χ1) is 9.29. The van der Waals surface area contributed by atoms with Gasteiger partial charge in [0, 0.05) is 25.1 Å². The summed E-state index contributed by atoms with van der Waals surface area (Å²) < 4.78 is 5.16. The third-order valence-corrected chi connectivity index (χ3v) is 3.38. The van der Waals surface area contributed by atoms with Crippen LogP contribution < -0.4 is 10.6 Å². The lowest BCUT2D eigenvalue weighted by Crippen LogP contribution is -2.52. The van der Waals surface area contributed by atoms with Gasteiger partial charge in [0.25, 0.3) is 0 Å². The molecule has 2 atom stereocenters. The quantitative estimate of drug-likeness (QED) is 0.755. The first-order valence-electron chi connectivity index (χ1n) is 6.58. The van der Waals surface area contributed by atoms with Gasteiger partial charge in [-0.1, -0.05) is 30.3 Å². The van der Waals surface area contributed by atoms with Crippen LogP contribution in [0.1, 0.15) is 12.0 Å². The van der Waals surface area contributed by atoms with Crippen LogP contribution in [0.4, 0.5) is 4.79 Å². The molecule has 1 saturated heterocycles. The van der Waals surface area contributed by atoms with Crippen LogP contribution in [0.3, 0.4) is 0 Å². The number of rotatable bonds is 4. The summed E-state index contributed by atoms with van der Waals surface area (Å²) in [6.07, 6.45) is 0.427. The number of hydrogen-bond donors (Lipinski definition) is 3. The molecule has 1 fully saturated rings. The van der Waals surface area contributed by atoms with Crippen LogP contribution in [-0.2, 0) is 11.3 Å². The zero-order valence-corrected chi connectivity index (χ0v) is 10.8. The van der Waals surface area contributed by atoms with Crippen LogP contribution in [0, 0.1) is 5.92 Å². The van der Waals surface area contributed by atoms with Gasteiger partial charge in [-0.25, -0.2) is 4.79 Å². The molecule has 1 aliphatic heterocycles. The Morgan fingerprint density at radius 3 is 2.95 bits per heavy atom. The number of alkyl carbamates (subject to hydrolysis) is 1. The third-order valence-electron chi connectivity index (χ3n) is 3.38. The van der Waals surface area contributed by atoms with E-state index in [-0.39, 0.29) is 25.2 Å². The van der Waals surface area contributed by atoms with Crippen molar-refractivity contribution in [2.45, 2.75) is 19.1 Å². The predicted molar refractivity (Wildman–Crippen MR) is 71.6 cm³/mol. The number of hydrogen-bond acceptors (Lipinski definition) is 4. The Hall–Kier alpha value is -1.59. The topological polar surface area (TPSA) is 70.6 Å². The number of piperidine rings is 1. The van der Waals surface area contributed by atoms with E-state index in [1.165, 1.54) is 0 Å². The van der Waals surface area contributed by atoms with Gasteiger partial charge in [0.15, 0.2) is 0 Å². The Morgan fingerprint density at radius 1 is 1.42 bits per heavy atom. The summed E-state index contributed by atoms with van der Waals surface area (Å²) in [5, 5.41) is 15.3. The Bertz CT molecular complexity index is 397. The van der Waals surface area contributed by atoms with Gasteiger partial charge in [-0.2, -0.15) is 0 Å². The third kappa shape index (κ3) is 4.22. The van der Waals surface area contributed by atoms with Gasteiger partial charge in [-0.3, -0.25) is 0 Å². The highest BCUT2D eigenvalue weighted by Gasteiger charge is 2.26. The van der Waals surface area contributed by atoms with Crippen molar-refractivity contribution in [2.24, 2.45) is 5.92 Å². The predicted octanol–water partition coefficient (Wildman–Crippen LogP) is 0.883. The highest BCUT2D eigenvalue weighted by atomic mass is 16.5. The van der Waals surface area contributed by atoms with Crippen molar-refractivity contribution in [2.75, 3.05) is 19.7 Å². The van der Waals surface area contributed by atoms with E-state index >= 15 is 0 Å². The van der Waals surface area contributed by atoms with Gasteiger partial charge in [-0.15, -0.1) is 0 Å². The lowest BCUT2D eigenvalue weighted by Gasteiger charge is -2.31. The summed E-state index contributed by atoms with van der Waals surface area (Å²) in [7, 11) is 0. The molecular formula is C14H20N2O3. The molecule has 1 aliphatic rings. The molecule has 104 valence electrons. The fourth-order valence-corrected chi connectivity index (χ4v) is 2.22. The number of aliphatic hydroxyl groups is 1. The van der Waals surface area contributed by atoms with Crippen molar-refractivity contribution in [3.63, 3.8) is 0 Å². The maximum Gasteiger partial charge on any atom is 0.407 e. The molecule has 0 aliphatic carbocycles. The van der Waals surface area contributed by atoms with Crippen LogP contribution in [0.2, 0.25) is 0 Å². The molecule has 19 heavy (non-hydrogen) atoms. The van der Waals surface area contributed by atoms with E-state index in [1.54, 1.807) is 0 Å². The van der Waals surface area contributed by atoms with E-state index < -0.39 is 6.09 Å². The molecular weight excluding hydrogens is 244 g/mol. The summed E-state index contributed by atoms with van der Waals surface area (Å²) in [5.41, 5.74) is 0.957. The molecule has 0 saturated carbocycles. The Balaban J connectivity index is 1.77. The van der Waals surface area contributed by atoms with Gasteiger partial charge in [0.2, 0.25) is 0 Å². The second-order valence-electron chi connectivity index (χ2n) is 4.75. The number of ether oxygens (including phenoxy) is 1. The highest BCUT2D eigenvalue weighted by Crippen LogP contribution is 2.12. The molecule has 0 unspecified atom stereocenters. The normalized spacial score (nSPS) is 22.8. The first kappa shape index (κ1) is 13.8. The number of nitrogens with one attached hydrogen (secondary N) is 2. The fourth-order valence-electron chi connectivity index (χ4n) is 2.22. The molecule has 1 amide bonds. The smallest absolute Gasteiger partial charge is 0.407 e. The minimum absolute atomic E-state index is 0.0676. The summed E-state index contributed by atoms with van der Waals surface area (Å²) in [4.78, 5) is 11.7. The molecule has 1 heterocycles. The minimum Gasteiger partial charge on any atom is -0.445 e. The fraction of sp³-hybridized carbons (Fsp3) is 0.500. The van der Waals surface area contributed by atoms with Crippen molar-refractivity contribution >= 4 is 6.09 Å².